The largest absolute Gasteiger partial charge is 0.293 e. The molecule has 0 radical (unpaired) electrons. The summed E-state index contributed by atoms with van der Waals surface area (Å²) in [6.07, 6.45) is 3.14. The molecule has 20 heavy (non-hydrogen) atoms. The monoisotopic (exact) mass is 328 g/mol. The van der Waals surface area contributed by atoms with Crippen LogP contribution >= 0.6 is 15.9 Å². The number of Topliss-reactive ketones (excluding diaryl/α,β-unsaturated/α-hetero) is 1. The lowest BCUT2D eigenvalue weighted by molar-refractivity contribution is 0.0950. The third-order valence-corrected chi connectivity index (χ3v) is 4.73. The molecule has 2 aromatic rings. The first kappa shape index (κ1) is 13.6. The van der Waals surface area contributed by atoms with E-state index in [4.69, 9.17) is 0 Å². The third-order valence-electron chi connectivity index (χ3n) is 4.08. The van der Waals surface area contributed by atoms with E-state index in [1.165, 1.54) is 11.1 Å². The van der Waals surface area contributed by atoms with Crippen LogP contribution in [0.25, 0.3) is 0 Å². The van der Waals surface area contributed by atoms with Gasteiger partial charge in [0.1, 0.15) is 0 Å². The number of hydrogen-bond acceptors (Lipinski definition) is 1. The molecule has 0 saturated carbocycles. The first-order chi connectivity index (χ1) is 9.66. The van der Waals surface area contributed by atoms with E-state index in [1.807, 2.05) is 31.2 Å². The molecule has 0 heterocycles. The molecule has 1 atom stereocenters. The van der Waals surface area contributed by atoms with Crippen molar-refractivity contribution in [2.24, 2.45) is 0 Å². The number of carbonyl (C=O) groups excluding carboxylic acids is 1. The maximum Gasteiger partial charge on any atom is 0.171 e. The van der Waals surface area contributed by atoms with Crippen molar-refractivity contribution < 1.29 is 4.79 Å². The molecule has 0 amide bonds. The number of fused-ring (bicyclic) bond motifs is 1. The second kappa shape index (κ2) is 5.53. The van der Waals surface area contributed by atoms with Gasteiger partial charge in [-0.2, -0.15) is 0 Å². The summed E-state index contributed by atoms with van der Waals surface area (Å²) in [6.45, 7) is 2.04. The van der Waals surface area contributed by atoms with Crippen LogP contribution in [-0.4, -0.2) is 5.78 Å². The number of hydrogen-bond donors (Lipinski definition) is 0. The number of rotatable bonds is 2. The van der Waals surface area contributed by atoms with Gasteiger partial charge in [-0.3, -0.25) is 4.79 Å². The Hall–Kier alpha value is -1.41. The minimum atomic E-state index is 0.0129. The zero-order chi connectivity index (χ0) is 14.1. The number of aryl methyl sites for hydroxylation is 2. The Morgan fingerprint density at radius 3 is 2.80 bits per heavy atom. The highest BCUT2D eigenvalue weighted by Crippen LogP contribution is 2.35. The average Bonchev–Trinajstić information content (AvgIpc) is 2.46. The predicted octanol–water partition coefficient (Wildman–Crippen LogP) is 5.06. The SMILES string of the molecule is Cc1ccc(C(=O)C2CCCc3ccccc32)c(Br)c1. The molecule has 0 spiro atoms. The summed E-state index contributed by atoms with van der Waals surface area (Å²) >= 11 is 3.53. The molecule has 102 valence electrons. The van der Waals surface area contributed by atoms with Crippen molar-refractivity contribution in [3.63, 3.8) is 0 Å². The number of carbonyl (C=O) groups is 1. The quantitative estimate of drug-likeness (QED) is 0.704. The van der Waals surface area contributed by atoms with Crippen LogP contribution in [0.4, 0.5) is 0 Å². The molecule has 0 fully saturated rings. The zero-order valence-corrected chi connectivity index (χ0v) is 13.1. The Kier molecular flexibility index (Phi) is 3.75. The van der Waals surface area contributed by atoms with Crippen LogP contribution in [0.3, 0.4) is 0 Å². The maximum absolute atomic E-state index is 12.9. The molecule has 2 heteroatoms. The molecule has 1 unspecified atom stereocenters. The van der Waals surface area contributed by atoms with E-state index in [0.717, 1.165) is 34.9 Å². The molecule has 1 nitrogen and oxygen atoms in total. The Labute approximate surface area is 128 Å². The van der Waals surface area contributed by atoms with E-state index < -0.39 is 0 Å². The highest BCUT2D eigenvalue weighted by molar-refractivity contribution is 9.10. The Bertz CT molecular complexity index is 660. The normalized spacial score (nSPS) is 17.6. The van der Waals surface area contributed by atoms with Crippen molar-refractivity contribution in [2.75, 3.05) is 0 Å². The van der Waals surface area contributed by atoms with E-state index in [2.05, 4.69) is 34.1 Å². The first-order valence-corrected chi connectivity index (χ1v) is 7.84. The van der Waals surface area contributed by atoms with Gasteiger partial charge < -0.3 is 0 Å². The summed E-state index contributed by atoms with van der Waals surface area (Å²) < 4.78 is 0.908. The molecule has 1 aliphatic carbocycles. The summed E-state index contributed by atoms with van der Waals surface area (Å²) in [5, 5.41) is 0. The summed E-state index contributed by atoms with van der Waals surface area (Å²) in [7, 11) is 0. The highest BCUT2D eigenvalue weighted by Gasteiger charge is 2.27. The van der Waals surface area contributed by atoms with Gasteiger partial charge in [-0.15, -0.1) is 0 Å². The molecule has 0 bridgehead atoms. The standard InChI is InChI=1S/C18H17BrO/c1-12-9-10-16(17(19)11-12)18(20)15-8-4-6-13-5-2-3-7-14(13)15/h2-3,5,7,9-11,15H,4,6,8H2,1H3. The van der Waals surface area contributed by atoms with Gasteiger partial charge in [0.25, 0.3) is 0 Å². The van der Waals surface area contributed by atoms with E-state index in [9.17, 15) is 4.79 Å². The Morgan fingerprint density at radius 2 is 2.00 bits per heavy atom. The van der Waals surface area contributed by atoms with E-state index in [1.54, 1.807) is 0 Å². The summed E-state index contributed by atoms with van der Waals surface area (Å²) in [6, 6.07) is 14.3. The minimum absolute atomic E-state index is 0.0129. The van der Waals surface area contributed by atoms with Crippen molar-refractivity contribution >= 4 is 21.7 Å². The van der Waals surface area contributed by atoms with Gasteiger partial charge >= 0.3 is 0 Å². The van der Waals surface area contributed by atoms with Gasteiger partial charge in [-0.1, -0.05) is 46.3 Å². The molecule has 0 N–H and O–H groups in total. The number of benzene rings is 2. The fraction of sp³-hybridized carbons (Fsp3) is 0.278. The fourth-order valence-corrected chi connectivity index (χ4v) is 3.72. The molecule has 1 aliphatic rings. The van der Waals surface area contributed by atoms with Crippen molar-refractivity contribution in [2.45, 2.75) is 32.1 Å². The second-order valence-corrected chi connectivity index (χ2v) is 6.35. The van der Waals surface area contributed by atoms with Crippen LogP contribution in [0.5, 0.6) is 0 Å². The summed E-state index contributed by atoms with van der Waals surface area (Å²) in [4.78, 5) is 12.9. The molecular weight excluding hydrogens is 312 g/mol. The average molecular weight is 329 g/mol. The predicted molar refractivity (Wildman–Crippen MR) is 85.3 cm³/mol. The molecule has 2 aromatic carbocycles. The Morgan fingerprint density at radius 1 is 1.20 bits per heavy atom. The zero-order valence-electron chi connectivity index (χ0n) is 11.5. The first-order valence-electron chi connectivity index (χ1n) is 7.05. The van der Waals surface area contributed by atoms with Crippen molar-refractivity contribution in [1.29, 1.82) is 0 Å². The number of ketones is 1. The smallest absolute Gasteiger partial charge is 0.171 e. The lowest BCUT2D eigenvalue weighted by Crippen LogP contribution is -2.19. The van der Waals surface area contributed by atoms with Crippen LogP contribution < -0.4 is 0 Å². The minimum Gasteiger partial charge on any atom is -0.293 e. The van der Waals surface area contributed by atoms with Crippen molar-refractivity contribution in [3.05, 3.63) is 69.2 Å². The highest BCUT2D eigenvalue weighted by atomic mass is 79.9. The van der Waals surface area contributed by atoms with E-state index >= 15 is 0 Å². The van der Waals surface area contributed by atoms with Crippen LogP contribution in [0.15, 0.2) is 46.9 Å². The van der Waals surface area contributed by atoms with Gasteiger partial charge in [0, 0.05) is 16.0 Å². The second-order valence-electron chi connectivity index (χ2n) is 5.49. The van der Waals surface area contributed by atoms with Gasteiger partial charge in [0.2, 0.25) is 0 Å². The van der Waals surface area contributed by atoms with E-state index in [0.29, 0.717) is 0 Å². The van der Waals surface area contributed by atoms with Crippen LogP contribution in [0.2, 0.25) is 0 Å². The van der Waals surface area contributed by atoms with Crippen LogP contribution in [0, 0.1) is 6.92 Å². The van der Waals surface area contributed by atoms with Gasteiger partial charge in [-0.05, 0) is 55.0 Å². The summed E-state index contributed by atoms with van der Waals surface area (Å²) in [5.41, 5.74) is 4.52. The fourth-order valence-electron chi connectivity index (χ4n) is 3.03. The molecular formula is C18H17BrO. The number of halogens is 1. The van der Waals surface area contributed by atoms with Gasteiger partial charge in [-0.25, -0.2) is 0 Å². The van der Waals surface area contributed by atoms with Crippen LogP contribution in [-0.2, 0) is 6.42 Å². The van der Waals surface area contributed by atoms with Crippen molar-refractivity contribution in [1.82, 2.24) is 0 Å². The van der Waals surface area contributed by atoms with Gasteiger partial charge in [0.15, 0.2) is 5.78 Å². The molecule has 3 rings (SSSR count). The maximum atomic E-state index is 12.9. The lowest BCUT2D eigenvalue weighted by atomic mass is 9.79. The summed E-state index contributed by atoms with van der Waals surface area (Å²) in [5.74, 6) is 0.253. The molecule has 0 saturated heterocycles. The lowest BCUT2D eigenvalue weighted by Gasteiger charge is -2.24. The van der Waals surface area contributed by atoms with E-state index in [-0.39, 0.29) is 11.7 Å². The molecule has 0 aromatic heterocycles. The van der Waals surface area contributed by atoms with Gasteiger partial charge in [0.05, 0.1) is 0 Å². The van der Waals surface area contributed by atoms with Crippen molar-refractivity contribution in [3.8, 4) is 0 Å². The molecule has 0 aliphatic heterocycles. The Balaban J connectivity index is 2.00. The topological polar surface area (TPSA) is 17.1 Å². The third kappa shape index (κ3) is 2.45. The van der Waals surface area contributed by atoms with Crippen LogP contribution in [0.1, 0.15) is 45.8 Å².